The predicted octanol–water partition coefficient (Wildman–Crippen LogP) is 4.50. The average Bonchev–Trinajstić information content (AvgIpc) is 3.21. The van der Waals surface area contributed by atoms with Gasteiger partial charge in [-0.25, -0.2) is 9.37 Å². The molecule has 1 fully saturated rings. The number of piperazine rings is 1. The summed E-state index contributed by atoms with van der Waals surface area (Å²) < 4.78 is 15.3. The number of aryl methyl sites for hydroxylation is 1. The Morgan fingerprint density at radius 2 is 1.69 bits per heavy atom. The van der Waals surface area contributed by atoms with Crippen molar-refractivity contribution >= 4 is 28.8 Å². The van der Waals surface area contributed by atoms with E-state index in [1.54, 1.807) is 22.8 Å². The molecule has 2 aromatic carbocycles. The Balaban J connectivity index is 1.51. The molecule has 0 bridgehead atoms. The van der Waals surface area contributed by atoms with Gasteiger partial charge in [0.2, 0.25) is 0 Å². The third kappa shape index (κ3) is 3.57. The summed E-state index contributed by atoms with van der Waals surface area (Å²) in [7, 11) is 2.16. The van der Waals surface area contributed by atoms with E-state index < -0.39 is 5.82 Å². The second-order valence-corrected chi connectivity index (χ2v) is 8.62. The van der Waals surface area contributed by atoms with Gasteiger partial charge in [0, 0.05) is 43.0 Å². The first-order chi connectivity index (χ1) is 15.4. The lowest BCUT2D eigenvalue weighted by Crippen LogP contribution is -2.44. The molecule has 5 rings (SSSR count). The van der Waals surface area contributed by atoms with Gasteiger partial charge in [0.05, 0.1) is 16.9 Å². The molecule has 32 heavy (non-hydrogen) atoms. The van der Waals surface area contributed by atoms with Crippen LogP contribution in [0.15, 0.2) is 48.7 Å². The molecule has 3 heterocycles. The molecule has 0 saturated carbocycles. The lowest BCUT2D eigenvalue weighted by atomic mass is 10.0. The summed E-state index contributed by atoms with van der Waals surface area (Å²) >= 11 is 5.98. The molecule has 2 aromatic heterocycles. The summed E-state index contributed by atoms with van der Waals surface area (Å²) in [4.78, 5) is 9.54. The summed E-state index contributed by atoms with van der Waals surface area (Å²) in [5, 5.41) is 4.53. The Morgan fingerprint density at radius 3 is 2.38 bits per heavy atom. The number of halogens is 2. The molecule has 2 N–H and O–H groups in total. The van der Waals surface area contributed by atoms with Gasteiger partial charge >= 0.3 is 0 Å². The van der Waals surface area contributed by atoms with Crippen LogP contribution >= 0.6 is 11.6 Å². The standard InChI is InChI=1S/C24H24ClFN6/c1-15-22(17-5-8-21(26)20(25)13-17)23(27)32-24(29-15)19(14-28-32)16-3-6-18(7-4-16)31-11-9-30(2)10-12-31/h3-8,13-14H,9-12,27H2,1-2H3. The van der Waals surface area contributed by atoms with E-state index in [9.17, 15) is 4.39 Å². The number of nitrogens with zero attached hydrogens (tertiary/aromatic N) is 5. The number of aromatic nitrogens is 3. The maximum absolute atomic E-state index is 13.6. The van der Waals surface area contributed by atoms with Gasteiger partial charge < -0.3 is 15.5 Å². The highest BCUT2D eigenvalue weighted by Gasteiger charge is 2.19. The Hall–Kier alpha value is -3.16. The molecule has 0 aliphatic carbocycles. The van der Waals surface area contributed by atoms with Crippen molar-refractivity contribution in [3.8, 4) is 22.3 Å². The second-order valence-electron chi connectivity index (χ2n) is 8.22. The van der Waals surface area contributed by atoms with Gasteiger partial charge in [-0.05, 0) is 49.4 Å². The van der Waals surface area contributed by atoms with Crippen LogP contribution < -0.4 is 10.6 Å². The molecule has 1 aliphatic rings. The first kappa shape index (κ1) is 20.7. The number of hydrogen-bond donors (Lipinski definition) is 1. The van der Waals surface area contributed by atoms with Crippen LogP contribution in [0.2, 0.25) is 5.02 Å². The lowest BCUT2D eigenvalue weighted by Gasteiger charge is -2.34. The number of hydrogen-bond acceptors (Lipinski definition) is 5. The molecule has 1 saturated heterocycles. The summed E-state index contributed by atoms with van der Waals surface area (Å²) in [5.41, 5.74) is 12.4. The Labute approximate surface area is 191 Å². The maximum Gasteiger partial charge on any atom is 0.165 e. The van der Waals surface area contributed by atoms with Gasteiger partial charge in [0.1, 0.15) is 11.6 Å². The molecule has 6 nitrogen and oxygen atoms in total. The zero-order valence-corrected chi connectivity index (χ0v) is 18.8. The number of benzene rings is 2. The van der Waals surface area contributed by atoms with E-state index in [1.807, 2.05) is 6.92 Å². The summed E-state index contributed by atoms with van der Waals surface area (Å²) in [6.45, 7) is 6.08. The van der Waals surface area contributed by atoms with Gasteiger partial charge in [-0.3, -0.25) is 0 Å². The van der Waals surface area contributed by atoms with E-state index >= 15 is 0 Å². The van der Waals surface area contributed by atoms with Crippen molar-refractivity contribution in [2.75, 3.05) is 43.9 Å². The fraction of sp³-hybridized carbons (Fsp3) is 0.250. The van der Waals surface area contributed by atoms with E-state index in [1.165, 1.54) is 11.8 Å². The lowest BCUT2D eigenvalue weighted by molar-refractivity contribution is 0.313. The Bertz CT molecular complexity index is 1290. The summed E-state index contributed by atoms with van der Waals surface area (Å²) in [6.07, 6.45) is 1.78. The average molecular weight is 451 g/mol. The zero-order valence-electron chi connectivity index (χ0n) is 18.0. The smallest absolute Gasteiger partial charge is 0.165 e. The molecule has 1 aliphatic heterocycles. The predicted molar refractivity (Wildman–Crippen MR) is 128 cm³/mol. The number of fused-ring (bicyclic) bond motifs is 1. The van der Waals surface area contributed by atoms with Crippen molar-refractivity contribution < 1.29 is 4.39 Å². The maximum atomic E-state index is 13.6. The van der Waals surface area contributed by atoms with Crippen LogP contribution in [0.1, 0.15) is 5.69 Å². The van der Waals surface area contributed by atoms with Crippen molar-refractivity contribution in [3.63, 3.8) is 0 Å². The summed E-state index contributed by atoms with van der Waals surface area (Å²) in [5.74, 6) is -0.0300. The van der Waals surface area contributed by atoms with Crippen LogP contribution in [0, 0.1) is 12.7 Å². The first-order valence-electron chi connectivity index (χ1n) is 10.6. The van der Waals surface area contributed by atoms with Gasteiger partial charge in [-0.1, -0.05) is 29.8 Å². The van der Waals surface area contributed by atoms with E-state index in [-0.39, 0.29) is 5.02 Å². The van der Waals surface area contributed by atoms with Gasteiger partial charge in [0.15, 0.2) is 5.65 Å². The Kier molecular flexibility index (Phi) is 5.23. The number of rotatable bonds is 3. The molecule has 0 spiro atoms. The van der Waals surface area contributed by atoms with Crippen molar-refractivity contribution in [1.82, 2.24) is 19.5 Å². The van der Waals surface area contributed by atoms with Gasteiger partial charge in [-0.2, -0.15) is 9.61 Å². The van der Waals surface area contributed by atoms with E-state index in [0.29, 0.717) is 22.6 Å². The molecule has 0 amide bonds. The SMILES string of the molecule is Cc1nc2c(-c3ccc(N4CCN(C)CC4)cc3)cnn2c(N)c1-c1ccc(F)c(Cl)c1. The molecular formula is C24H24ClFN6. The third-order valence-electron chi connectivity index (χ3n) is 6.12. The Morgan fingerprint density at radius 1 is 1.00 bits per heavy atom. The minimum Gasteiger partial charge on any atom is -0.383 e. The molecule has 4 aromatic rings. The van der Waals surface area contributed by atoms with Gasteiger partial charge in [-0.15, -0.1) is 0 Å². The largest absolute Gasteiger partial charge is 0.383 e. The number of likely N-dealkylation sites (N-methyl/N-ethyl adjacent to an activating group) is 1. The molecule has 0 radical (unpaired) electrons. The third-order valence-corrected chi connectivity index (χ3v) is 6.41. The fourth-order valence-corrected chi connectivity index (χ4v) is 4.44. The summed E-state index contributed by atoms with van der Waals surface area (Å²) in [6, 6.07) is 13.0. The van der Waals surface area contributed by atoms with E-state index in [0.717, 1.165) is 43.0 Å². The molecule has 0 unspecified atom stereocenters. The van der Waals surface area contributed by atoms with Crippen molar-refractivity contribution in [3.05, 3.63) is 65.2 Å². The topological polar surface area (TPSA) is 62.7 Å². The van der Waals surface area contributed by atoms with Crippen molar-refractivity contribution in [2.45, 2.75) is 6.92 Å². The first-order valence-corrected chi connectivity index (χ1v) is 10.9. The zero-order chi connectivity index (χ0) is 22.4. The van der Waals surface area contributed by atoms with Crippen LogP contribution in [-0.2, 0) is 0 Å². The van der Waals surface area contributed by atoms with Crippen LogP contribution in [0.3, 0.4) is 0 Å². The number of anilines is 2. The highest BCUT2D eigenvalue weighted by Crippen LogP contribution is 2.34. The second kappa shape index (κ2) is 8.07. The van der Waals surface area contributed by atoms with Crippen molar-refractivity contribution in [2.24, 2.45) is 0 Å². The number of nitrogens with two attached hydrogens (primary N) is 1. The molecule has 0 atom stereocenters. The minimum absolute atomic E-state index is 0.0444. The van der Waals surface area contributed by atoms with Crippen LogP contribution in [-0.4, -0.2) is 52.7 Å². The fourth-order valence-electron chi connectivity index (χ4n) is 4.26. The minimum atomic E-state index is -0.470. The quantitative estimate of drug-likeness (QED) is 0.498. The number of nitrogen functional groups attached to an aromatic ring is 1. The normalized spacial score (nSPS) is 14.9. The van der Waals surface area contributed by atoms with E-state index in [2.05, 4.69) is 46.2 Å². The monoisotopic (exact) mass is 450 g/mol. The van der Waals surface area contributed by atoms with Crippen LogP contribution in [0.5, 0.6) is 0 Å². The highest BCUT2D eigenvalue weighted by atomic mass is 35.5. The molecule has 8 heteroatoms. The van der Waals surface area contributed by atoms with Crippen LogP contribution in [0.4, 0.5) is 15.9 Å². The van der Waals surface area contributed by atoms with Crippen LogP contribution in [0.25, 0.3) is 27.9 Å². The van der Waals surface area contributed by atoms with Gasteiger partial charge in [0.25, 0.3) is 0 Å². The van der Waals surface area contributed by atoms with E-state index in [4.69, 9.17) is 22.3 Å². The van der Waals surface area contributed by atoms with Crippen molar-refractivity contribution in [1.29, 1.82) is 0 Å². The molecular weight excluding hydrogens is 427 g/mol. The molecule has 164 valence electrons. The highest BCUT2D eigenvalue weighted by molar-refractivity contribution is 6.31.